The van der Waals surface area contributed by atoms with E-state index in [-0.39, 0.29) is 4.90 Å². The molecular formula is C14H17FN4O2S3. The monoisotopic (exact) mass is 388 g/mol. The molecular weight excluding hydrogens is 371 g/mol. The molecule has 1 aliphatic heterocycles. The van der Waals surface area contributed by atoms with Gasteiger partial charge < -0.3 is 0 Å². The molecule has 1 fully saturated rings. The largest absolute Gasteiger partial charge is 0.282 e. The van der Waals surface area contributed by atoms with Crippen LogP contribution in [0, 0.1) is 16.7 Å². The molecule has 1 aliphatic rings. The zero-order chi connectivity index (χ0) is 17.3. The molecule has 10 heteroatoms. The Morgan fingerprint density at radius 3 is 2.58 bits per heavy atom. The summed E-state index contributed by atoms with van der Waals surface area (Å²) in [5.74, 6) is -0.553. The molecule has 0 atom stereocenters. The fourth-order valence-electron chi connectivity index (χ4n) is 2.58. The van der Waals surface area contributed by atoms with Gasteiger partial charge in [-0.25, -0.2) is 17.5 Å². The molecule has 0 saturated carbocycles. The predicted octanol–water partition coefficient (Wildman–Crippen LogP) is 2.09. The first-order valence-electron chi connectivity index (χ1n) is 7.39. The van der Waals surface area contributed by atoms with E-state index in [1.807, 2.05) is 6.92 Å². The molecule has 3 rings (SSSR count). The second-order valence-electron chi connectivity index (χ2n) is 5.51. The van der Waals surface area contributed by atoms with Crippen LogP contribution in [0.25, 0.3) is 0 Å². The number of halogens is 1. The quantitative estimate of drug-likeness (QED) is 0.751. The van der Waals surface area contributed by atoms with E-state index in [4.69, 9.17) is 12.2 Å². The van der Waals surface area contributed by atoms with Crippen molar-refractivity contribution in [3.8, 4) is 0 Å². The summed E-state index contributed by atoms with van der Waals surface area (Å²) in [7, 11) is -3.66. The molecule has 130 valence electrons. The smallest absolute Gasteiger partial charge is 0.243 e. The number of piperazine rings is 1. The van der Waals surface area contributed by atoms with E-state index in [0.29, 0.717) is 36.8 Å². The molecule has 2 heterocycles. The summed E-state index contributed by atoms with van der Waals surface area (Å²) in [6, 6.07) is 5.11. The maximum Gasteiger partial charge on any atom is 0.243 e. The van der Waals surface area contributed by atoms with Crippen molar-refractivity contribution in [3.63, 3.8) is 0 Å². The van der Waals surface area contributed by atoms with Crippen molar-refractivity contribution in [2.75, 3.05) is 26.2 Å². The Kier molecular flexibility index (Phi) is 5.11. The van der Waals surface area contributed by atoms with E-state index in [2.05, 4.69) is 10.00 Å². The van der Waals surface area contributed by atoms with Crippen LogP contribution in [0.3, 0.4) is 0 Å². The van der Waals surface area contributed by atoms with Crippen molar-refractivity contribution in [1.82, 2.24) is 19.0 Å². The zero-order valence-corrected chi connectivity index (χ0v) is 15.5. The van der Waals surface area contributed by atoms with Crippen LogP contribution in [0.5, 0.6) is 0 Å². The number of nitrogens with zero attached hydrogens (tertiary/aromatic N) is 4. The van der Waals surface area contributed by atoms with E-state index < -0.39 is 15.8 Å². The molecule has 0 radical (unpaired) electrons. The van der Waals surface area contributed by atoms with Gasteiger partial charge in [0.05, 0.1) is 11.6 Å². The predicted molar refractivity (Wildman–Crippen MR) is 92.4 cm³/mol. The Labute approximate surface area is 149 Å². The van der Waals surface area contributed by atoms with Crippen LogP contribution < -0.4 is 0 Å². The first kappa shape index (κ1) is 17.6. The summed E-state index contributed by atoms with van der Waals surface area (Å²) in [5, 5.41) is 5.25. The number of aryl methyl sites for hydroxylation is 1. The molecule has 0 amide bonds. The van der Waals surface area contributed by atoms with Crippen molar-refractivity contribution in [2.45, 2.75) is 18.5 Å². The fourth-order valence-corrected chi connectivity index (χ4v) is 5.09. The van der Waals surface area contributed by atoms with Gasteiger partial charge in [0.1, 0.15) is 10.8 Å². The van der Waals surface area contributed by atoms with Gasteiger partial charge in [-0.15, -0.1) is 0 Å². The lowest BCUT2D eigenvalue weighted by atomic mass is 10.4. The van der Waals surface area contributed by atoms with Crippen molar-refractivity contribution in [3.05, 3.63) is 39.0 Å². The molecule has 1 aromatic carbocycles. The van der Waals surface area contributed by atoms with E-state index in [1.54, 1.807) is 4.68 Å². The lowest BCUT2D eigenvalue weighted by molar-refractivity contribution is 0.145. The van der Waals surface area contributed by atoms with Crippen molar-refractivity contribution >= 4 is 33.6 Å². The molecule has 0 N–H and O–H groups in total. The summed E-state index contributed by atoms with van der Waals surface area (Å²) in [5.41, 5.74) is 0. The minimum atomic E-state index is -3.66. The van der Waals surface area contributed by atoms with Gasteiger partial charge in [0.25, 0.3) is 0 Å². The Bertz CT molecular complexity index is 885. The SMILES string of the molecule is Cc1nn(CN2CCN(S(=O)(=O)c3cccc(F)c3)CC2)c(=S)s1. The zero-order valence-electron chi connectivity index (χ0n) is 13.1. The second kappa shape index (κ2) is 6.96. The lowest BCUT2D eigenvalue weighted by Crippen LogP contribution is -2.48. The third-order valence-electron chi connectivity index (χ3n) is 3.81. The maximum absolute atomic E-state index is 13.3. The van der Waals surface area contributed by atoms with Gasteiger partial charge in [-0.1, -0.05) is 17.4 Å². The average Bonchev–Trinajstić information content (AvgIpc) is 2.85. The Morgan fingerprint density at radius 2 is 2.00 bits per heavy atom. The number of hydrogen-bond donors (Lipinski definition) is 0. The topological polar surface area (TPSA) is 58.4 Å². The highest BCUT2D eigenvalue weighted by Crippen LogP contribution is 2.19. The van der Waals surface area contributed by atoms with Gasteiger partial charge in [-0.3, -0.25) is 4.90 Å². The van der Waals surface area contributed by atoms with Crippen LogP contribution in [0.1, 0.15) is 5.01 Å². The standard InChI is InChI=1S/C14H17FN4O2S3/c1-11-16-19(14(22)23-11)10-17-5-7-18(8-6-17)24(20,21)13-4-2-3-12(15)9-13/h2-4,9H,5-8,10H2,1H3. The van der Waals surface area contributed by atoms with Crippen LogP contribution in [-0.2, 0) is 16.7 Å². The average molecular weight is 389 g/mol. The van der Waals surface area contributed by atoms with E-state index in [1.165, 1.54) is 33.8 Å². The number of hydrogen-bond acceptors (Lipinski definition) is 6. The number of aromatic nitrogens is 2. The van der Waals surface area contributed by atoms with Gasteiger partial charge in [0.15, 0.2) is 3.95 Å². The van der Waals surface area contributed by atoms with Gasteiger partial charge in [0.2, 0.25) is 10.0 Å². The van der Waals surface area contributed by atoms with Crippen LogP contribution in [0.4, 0.5) is 4.39 Å². The van der Waals surface area contributed by atoms with Crippen LogP contribution in [0.15, 0.2) is 29.2 Å². The number of rotatable bonds is 4. The summed E-state index contributed by atoms with van der Waals surface area (Å²) >= 11 is 6.71. The first-order chi connectivity index (χ1) is 11.4. The molecule has 2 aromatic rings. The minimum absolute atomic E-state index is 0.00621. The van der Waals surface area contributed by atoms with Crippen LogP contribution in [0.2, 0.25) is 0 Å². The maximum atomic E-state index is 13.3. The van der Waals surface area contributed by atoms with Crippen LogP contribution in [-0.4, -0.2) is 53.6 Å². The van der Waals surface area contributed by atoms with Crippen LogP contribution >= 0.6 is 23.6 Å². The Morgan fingerprint density at radius 1 is 1.29 bits per heavy atom. The lowest BCUT2D eigenvalue weighted by Gasteiger charge is -2.33. The molecule has 6 nitrogen and oxygen atoms in total. The molecule has 0 bridgehead atoms. The van der Waals surface area contributed by atoms with Crippen molar-refractivity contribution in [2.24, 2.45) is 0 Å². The molecule has 0 unspecified atom stereocenters. The summed E-state index contributed by atoms with van der Waals surface area (Å²) < 4.78 is 42.3. The highest BCUT2D eigenvalue weighted by molar-refractivity contribution is 7.89. The highest BCUT2D eigenvalue weighted by Gasteiger charge is 2.28. The number of benzene rings is 1. The summed E-state index contributed by atoms with van der Waals surface area (Å²) in [6.07, 6.45) is 0. The van der Waals surface area contributed by atoms with E-state index in [0.717, 1.165) is 11.1 Å². The first-order valence-corrected chi connectivity index (χ1v) is 10.1. The summed E-state index contributed by atoms with van der Waals surface area (Å²) in [6.45, 7) is 4.32. The molecule has 24 heavy (non-hydrogen) atoms. The van der Waals surface area contributed by atoms with Gasteiger partial charge >= 0.3 is 0 Å². The van der Waals surface area contributed by atoms with Crippen molar-refractivity contribution in [1.29, 1.82) is 0 Å². The minimum Gasteiger partial charge on any atom is -0.282 e. The summed E-state index contributed by atoms with van der Waals surface area (Å²) in [4.78, 5) is 2.10. The highest BCUT2D eigenvalue weighted by atomic mass is 32.2. The molecule has 1 saturated heterocycles. The number of sulfonamides is 1. The molecule has 0 spiro atoms. The second-order valence-corrected chi connectivity index (χ2v) is 9.27. The van der Waals surface area contributed by atoms with Gasteiger partial charge in [-0.2, -0.15) is 9.40 Å². The van der Waals surface area contributed by atoms with E-state index >= 15 is 0 Å². The third kappa shape index (κ3) is 3.72. The molecule has 0 aliphatic carbocycles. The Hall–Kier alpha value is -1.20. The third-order valence-corrected chi connectivity index (χ3v) is 6.92. The van der Waals surface area contributed by atoms with Gasteiger partial charge in [-0.05, 0) is 37.3 Å². The van der Waals surface area contributed by atoms with Gasteiger partial charge in [0, 0.05) is 26.2 Å². The van der Waals surface area contributed by atoms with E-state index in [9.17, 15) is 12.8 Å². The molecule has 1 aromatic heterocycles. The Balaban J connectivity index is 1.66. The normalized spacial score (nSPS) is 17.2. The van der Waals surface area contributed by atoms with Crippen molar-refractivity contribution < 1.29 is 12.8 Å². The fraction of sp³-hybridized carbons (Fsp3) is 0.429.